The van der Waals surface area contributed by atoms with E-state index in [9.17, 15) is 22.8 Å². The van der Waals surface area contributed by atoms with Crippen LogP contribution in [0.3, 0.4) is 0 Å². The van der Waals surface area contributed by atoms with E-state index in [4.69, 9.17) is 0 Å². The van der Waals surface area contributed by atoms with E-state index in [1.807, 2.05) is 0 Å². The van der Waals surface area contributed by atoms with Crippen LogP contribution in [0.25, 0.3) is 0 Å². The van der Waals surface area contributed by atoms with Gasteiger partial charge in [0.25, 0.3) is 0 Å². The summed E-state index contributed by atoms with van der Waals surface area (Å²) in [6.45, 7) is 2.72. The average molecular weight is 210 g/mol. The van der Waals surface area contributed by atoms with Gasteiger partial charge in [-0.3, -0.25) is 9.59 Å². The molecule has 0 unspecified atom stereocenters. The topological polar surface area (TPSA) is 58.2 Å². The largest absolute Gasteiger partial charge is 0.471 e. The summed E-state index contributed by atoms with van der Waals surface area (Å²) in [6.07, 6.45) is -3.60. The van der Waals surface area contributed by atoms with Gasteiger partial charge in [-0.25, -0.2) is 0 Å². The van der Waals surface area contributed by atoms with Crippen molar-refractivity contribution in [3.05, 3.63) is 12.7 Å². The lowest BCUT2D eigenvalue weighted by Gasteiger charge is -2.07. The summed E-state index contributed by atoms with van der Waals surface area (Å²) >= 11 is 0. The Hall–Kier alpha value is -1.53. The molecule has 0 aliphatic heterocycles. The molecule has 0 spiro atoms. The van der Waals surface area contributed by atoms with Gasteiger partial charge in [0.2, 0.25) is 5.91 Å². The Bertz CT molecular complexity index is 238. The van der Waals surface area contributed by atoms with Crippen molar-refractivity contribution in [3.63, 3.8) is 0 Å². The zero-order valence-corrected chi connectivity index (χ0v) is 7.15. The van der Waals surface area contributed by atoms with Crippen molar-refractivity contribution >= 4 is 11.8 Å². The number of alkyl halides is 3. The quantitative estimate of drug-likeness (QED) is 0.640. The van der Waals surface area contributed by atoms with E-state index in [2.05, 4.69) is 11.9 Å². The minimum absolute atomic E-state index is 0.140. The Labute approximate surface area is 78.2 Å². The predicted octanol–water partition coefficient (Wildman–Crippen LogP) is -0.0329. The second-order valence-electron chi connectivity index (χ2n) is 2.27. The molecule has 0 aliphatic rings. The van der Waals surface area contributed by atoms with Crippen molar-refractivity contribution in [2.24, 2.45) is 0 Å². The summed E-state index contributed by atoms with van der Waals surface area (Å²) in [4.78, 5) is 20.9. The summed E-state index contributed by atoms with van der Waals surface area (Å²) in [5.41, 5.74) is 0. The molecule has 0 atom stereocenters. The molecular formula is C7H9F3N2O2. The lowest BCUT2D eigenvalue weighted by atomic mass is 10.5. The van der Waals surface area contributed by atoms with Crippen LogP contribution in [0.4, 0.5) is 13.2 Å². The highest BCUT2D eigenvalue weighted by molar-refractivity contribution is 5.87. The molecule has 80 valence electrons. The number of hydrogen-bond acceptors (Lipinski definition) is 2. The number of carbonyl (C=O) groups is 2. The third-order valence-corrected chi connectivity index (χ3v) is 1.11. The highest BCUT2D eigenvalue weighted by Crippen LogP contribution is 2.13. The van der Waals surface area contributed by atoms with Gasteiger partial charge in [-0.2, -0.15) is 13.2 Å². The first kappa shape index (κ1) is 12.5. The Balaban J connectivity index is 3.78. The fourth-order valence-electron chi connectivity index (χ4n) is 0.509. The van der Waals surface area contributed by atoms with Gasteiger partial charge in [0.05, 0.1) is 6.54 Å². The number of nitrogens with one attached hydrogen (secondary N) is 2. The second kappa shape index (κ2) is 5.25. The highest BCUT2D eigenvalue weighted by atomic mass is 19.4. The molecule has 0 rings (SSSR count). The normalized spacial score (nSPS) is 10.5. The van der Waals surface area contributed by atoms with Crippen LogP contribution in [0, 0.1) is 0 Å². The van der Waals surface area contributed by atoms with Gasteiger partial charge in [0.1, 0.15) is 0 Å². The van der Waals surface area contributed by atoms with Crippen LogP contribution in [0.2, 0.25) is 0 Å². The van der Waals surface area contributed by atoms with Gasteiger partial charge < -0.3 is 10.6 Å². The maximum absolute atomic E-state index is 11.6. The maximum atomic E-state index is 11.6. The van der Waals surface area contributed by atoms with Crippen LogP contribution >= 0.6 is 0 Å². The first-order valence-electron chi connectivity index (χ1n) is 3.60. The lowest BCUT2D eigenvalue weighted by Crippen LogP contribution is -2.42. The molecule has 0 fully saturated rings. The van der Waals surface area contributed by atoms with Crippen LogP contribution in [0.1, 0.15) is 0 Å². The Kier molecular flexibility index (Phi) is 4.68. The minimum atomic E-state index is -4.96. The molecule has 0 aromatic heterocycles. The molecule has 0 aliphatic carbocycles. The van der Waals surface area contributed by atoms with E-state index in [1.54, 1.807) is 0 Å². The molecule has 2 amide bonds. The van der Waals surface area contributed by atoms with Gasteiger partial charge in [0, 0.05) is 6.54 Å². The molecule has 0 heterocycles. The summed E-state index contributed by atoms with van der Waals surface area (Å²) in [6, 6.07) is 0. The van der Waals surface area contributed by atoms with E-state index in [1.165, 1.54) is 11.4 Å². The van der Waals surface area contributed by atoms with Crippen molar-refractivity contribution < 1.29 is 22.8 Å². The molecule has 0 saturated carbocycles. The molecule has 14 heavy (non-hydrogen) atoms. The van der Waals surface area contributed by atoms with Crippen molar-refractivity contribution in [2.75, 3.05) is 13.1 Å². The zero-order chi connectivity index (χ0) is 11.2. The fourth-order valence-corrected chi connectivity index (χ4v) is 0.509. The smallest absolute Gasteiger partial charge is 0.351 e. The van der Waals surface area contributed by atoms with Crippen molar-refractivity contribution in [1.29, 1.82) is 0 Å². The van der Waals surface area contributed by atoms with E-state index in [0.717, 1.165) is 0 Å². The van der Waals surface area contributed by atoms with Gasteiger partial charge in [-0.15, -0.1) is 6.58 Å². The van der Waals surface area contributed by atoms with E-state index >= 15 is 0 Å². The lowest BCUT2D eigenvalue weighted by molar-refractivity contribution is -0.173. The molecule has 0 bridgehead atoms. The minimum Gasteiger partial charge on any atom is -0.351 e. The molecule has 7 heteroatoms. The van der Waals surface area contributed by atoms with Crippen LogP contribution in [0.5, 0.6) is 0 Å². The van der Waals surface area contributed by atoms with Crippen LogP contribution in [0.15, 0.2) is 12.7 Å². The number of amides is 2. The van der Waals surface area contributed by atoms with Crippen molar-refractivity contribution in [3.8, 4) is 0 Å². The van der Waals surface area contributed by atoms with E-state index in [-0.39, 0.29) is 6.54 Å². The summed E-state index contributed by atoms with van der Waals surface area (Å²) in [5, 5.41) is 3.62. The van der Waals surface area contributed by atoms with Crippen LogP contribution in [-0.2, 0) is 9.59 Å². The Morgan fingerprint density at radius 1 is 1.29 bits per heavy atom. The predicted molar refractivity (Wildman–Crippen MR) is 42.3 cm³/mol. The molecule has 2 N–H and O–H groups in total. The number of carbonyl (C=O) groups excluding carboxylic acids is 2. The molecule has 4 nitrogen and oxygen atoms in total. The monoisotopic (exact) mass is 210 g/mol. The first-order chi connectivity index (χ1) is 6.38. The van der Waals surface area contributed by atoms with Gasteiger partial charge in [0.15, 0.2) is 0 Å². The van der Waals surface area contributed by atoms with Gasteiger partial charge in [-0.1, -0.05) is 6.08 Å². The Morgan fingerprint density at radius 3 is 2.29 bits per heavy atom. The van der Waals surface area contributed by atoms with Crippen LogP contribution < -0.4 is 10.6 Å². The molecular weight excluding hydrogens is 201 g/mol. The molecule has 0 saturated heterocycles. The van der Waals surface area contributed by atoms with E-state index in [0.29, 0.717) is 0 Å². The SMILES string of the molecule is C=CCNC(=O)CNC(=O)C(F)(F)F. The van der Waals surface area contributed by atoms with Gasteiger partial charge >= 0.3 is 12.1 Å². The van der Waals surface area contributed by atoms with Crippen molar-refractivity contribution in [2.45, 2.75) is 6.18 Å². The fraction of sp³-hybridized carbons (Fsp3) is 0.429. The summed E-state index contributed by atoms with van der Waals surface area (Å²) in [7, 11) is 0. The summed E-state index contributed by atoms with van der Waals surface area (Å²) < 4.78 is 34.8. The highest BCUT2D eigenvalue weighted by Gasteiger charge is 2.38. The average Bonchev–Trinajstić information content (AvgIpc) is 2.09. The summed E-state index contributed by atoms with van der Waals surface area (Å²) in [5.74, 6) is -2.84. The number of rotatable bonds is 4. The molecule has 0 aromatic carbocycles. The Morgan fingerprint density at radius 2 is 1.86 bits per heavy atom. The second-order valence-corrected chi connectivity index (χ2v) is 2.27. The maximum Gasteiger partial charge on any atom is 0.471 e. The third kappa shape index (κ3) is 5.18. The molecule has 0 radical (unpaired) electrons. The number of halogens is 3. The molecule has 0 aromatic rings. The standard InChI is InChI=1S/C7H9F3N2O2/c1-2-3-11-5(13)4-12-6(14)7(8,9)10/h2H,1,3-4H2,(H,11,13)(H,12,14). The zero-order valence-electron chi connectivity index (χ0n) is 7.15. The van der Waals surface area contributed by atoms with Crippen LogP contribution in [-0.4, -0.2) is 31.1 Å². The van der Waals surface area contributed by atoms with Crippen molar-refractivity contribution in [1.82, 2.24) is 10.6 Å². The third-order valence-electron chi connectivity index (χ3n) is 1.11. The van der Waals surface area contributed by atoms with Gasteiger partial charge in [-0.05, 0) is 0 Å². The first-order valence-corrected chi connectivity index (χ1v) is 3.60. The van der Waals surface area contributed by atoms with E-state index < -0.39 is 24.5 Å². The number of hydrogen-bond donors (Lipinski definition) is 2.